The van der Waals surface area contributed by atoms with Crippen LogP contribution in [0, 0.1) is 0 Å². The number of likely N-dealkylation sites (tertiary alicyclic amines) is 1. The maximum Gasteiger partial charge on any atom is 0.258 e. The summed E-state index contributed by atoms with van der Waals surface area (Å²) >= 11 is 7.31. The van der Waals surface area contributed by atoms with E-state index < -0.39 is 5.60 Å². The second kappa shape index (κ2) is 6.42. The van der Waals surface area contributed by atoms with E-state index in [-0.39, 0.29) is 11.2 Å². The Labute approximate surface area is 159 Å². The predicted molar refractivity (Wildman–Crippen MR) is 99.7 cm³/mol. The van der Waals surface area contributed by atoms with Crippen LogP contribution in [-0.4, -0.2) is 44.5 Å². The summed E-state index contributed by atoms with van der Waals surface area (Å²) in [7, 11) is 1.70. The molecule has 8 heteroatoms. The molecule has 0 radical (unpaired) electrons. The summed E-state index contributed by atoms with van der Waals surface area (Å²) in [5.74, 6) is -0.273. The average Bonchev–Trinajstić information content (AvgIpc) is 3.24. The number of aromatic nitrogens is 3. The first-order valence-corrected chi connectivity index (χ1v) is 9.26. The second-order valence-electron chi connectivity index (χ2n) is 6.17. The molecule has 1 aliphatic rings. The molecule has 1 amide bonds. The Kier molecular flexibility index (Phi) is 4.22. The number of carbonyl (C=O) groups excluding carboxylic acids is 1. The van der Waals surface area contributed by atoms with Crippen LogP contribution in [0.4, 0.5) is 0 Å². The molecule has 4 rings (SSSR count). The van der Waals surface area contributed by atoms with Crippen LogP contribution in [0.5, 0.6) is 0 Å². The lowest BCUT2D eigenvalue weighted by atomic mass is 9.91. The molecule has 0 bridgehead atoms. The minimum Gasteiger partial charge on any atom is -0.375 e. The molecule has 0 aliphatic carbocycles. The minimum absolute atomic E-state index is 0.171. The highest BCUT2D eigenvalue weighted by Crippen LogP contribution is 2.35. The van der Waals surface area contributed by atoms with Gasteiger partial charge in [0.1, 0.15) is 10.7 Å². The van der Waals surface area contributed by atoms with E-state index in [2.05, 4.69) is 15.0 Å². The molecule has 1 N–H and O–H groups in total. The lowest BCUT2D eigenvalue weighted by Gasteiger charge is -2.21. The molecule has 132 valence electrons. The van der Waals surface area contributed by atoms with Gasteiger partial charge in [-0.05, 0) is 29.3 Å². The summed E-state index contributed by atoms with van der Waals surface area (Å²) in [5, 5.41) is 13.7. The number of nitrogens with zero attached hydrogens (tertiary/aromatic N) is 4. The van der Waals surface area contributed by atoms with E-state index in [1.54, 1.807) is 30.3 Å². The van der Waals surface area contributed by atoms with Gasteiger partial charge in [-0.2, -0.15) is 0 Å². The van der Waals surface area contributed by atoms with Crippen molar-refractivity contribution in [2.75, 3.05) is 13.6 Å². The SMILES string of the molecule is CN1CC[C@@](O)(c2cccc(-c3nc(-c4ccnc(Cl)n4)cs3)c2)C1=O. The number of halogens is 1. The fourth-order valence-corrected chi connectivity index (χ4v) is 3.99. The molecule has 1 atom stereocenters. The van der Waals surface area contributed by atoms with Gasteiger partial charge in [-0.3, -0.25) is 4.79 Å². The highest BCUT2D eigenvalue weighted by Gasteiger charge is 2.45. The van der Waals surface area contributed by atoms with Crippen LogP contribution in [0.25, 0.3) is 22.0 Å². The quantitative estimate of drug-likeness (QED) is 0.700. The van der Waals surface area contributed by atoms with Gasteiger partial charge in [0.25, 0.3) is 5.91 Å². The molecule has 6 nitrogen and oxygen atoms in total. The van der Waals surface area contributed by atoms with Crippen molar-refractivity contribution in [1.82, 2.24) is 19.9 Å². The number of carbonyl (C=O) groups is 1. The van der Waals surface area contributed by atoms with Crippen LogP contribution in [0.3, 0.4) is 0 Å². The molecule has 3 aromatic rings. The summed E-state index contributed by atoms with van der Waals surface area (Å²) < 4.78 is 0. The largest absolute Gasteiger partial charge is 0.375 e. The summed E-state index contributed by atoms with van der Waals surface area (Å²) in [5.41, 5.74) is 1.32. The summed E-state index contributed by atoms with van der Waals surface area (Å²) in [6.07, 6.45) is 1.97. The van der Waals surface area contributed by atoms with Gasteiger partial charge in [0.2, 0.25) is 5.28 Å². The highest BCUT2D eigenvalue weighted by molar-refractivity contribution is 7.13. The molecule has 0 spiro atoms. The Bertz CT molecular complexity index is 993. The normalized spacial score (nSPS) is 20.0. The average molecular weight is 387 g/mol. The van der Waals surface area contributed by atoms with Crippen molar-refractivity contribution >= 4 is 28.8 Å². The number of likely N-dealkylation sites (N-methyl/N-ethyl adjacent to an activating group) is 1. The number of hydrogen-bond donors (Lipinski definition) is 1. The van der Waals surface area contributed by atoms with E-state index in [0.29, 0.717) is 29.9 Å². The standard InChI is InChI=1S/C18H15ClN4O2S/c1-23-8-6-18(25,16(23)24)12-4-2-3-11(9-12)15-21-14(10-26-15)13-5-7-20-17(19)22-13/h2-5,7,9-10,25H,6,8H2,1H3/t18-/m1/s1. The molecule has 1 saturated heterocycles. The van der Waals surface area contributed by atoms with Gasteiger partial charge >= 0.3 is 0 Å². The zero-order chi connectivity index (χ0) is 18.3. The van der Waals surface area contributed by atoms with E-state index >= 15 is 0 Å². The van der Waals surface area contributed by atoms with Crippen LogP contribution in [-0.2, 0) is 10.4 Å². The predicted octanol–water partition coefficient (Wildman–Crippen LogP) is 2.97. The number of amides is 1. The molecule has 0 unspecified atom stereocenters. The van der Waals surface area contributed by atoms with Crippen molar-refractivity contribution in [1.29, 1.82) is 0 Å². The van der Waals surface area contributed by atoms with Gasteiger partial charge in [0.15, 0.2) is 5.60 Å². The molecule has 1 fully saturated rings. The van der Waals surface area contributed by atoms with E-state index in [0.717, 1.165) is 10.6 Å². The maximum absolute atomic E-state index is 12.3. The highest BCUT2D eigenvalue weighted by atomic mass is 35.5. The van der Waals surface area contributed by atoms with E-state index in [1.165, 1.54) is 11.3 Å². The first-order chi connectivity index (χ1) is 12.5. The Morgan fingerprint density at radius 1 is 1.27 bits per heavy atom. The van der Waals surface area contributed by atoms with Crippen molar-refractivity contribution in [3.05, 3.63) is 52.8 Å². The molecule has 0 saturated carbocycles. The fourth-order valence-electron chi connectivity index (χ4n) is 3.03. The minimum atomic E-state index is -1.47. The van der Waals surface area contributed by atoms with Crippen LogP contribution in [0.2, 0.25) is 5.28 Å². The summed E-state index contributed by atoms with van der Waals surface area (Å²) in [6.45, 7) is 0.537. The van der Waals surface area contributed by atoms with Gasteiger partial charge in [-0.1, -0.05) is 18.2 Å². The lowest BCUT2D eigenvalue weighted by molar-refractivity contribution is -0.143. The third-order valence-corrected chi connectivity index (χ3v) is 5.56. The Hall–Kier alpha value is -2.35. The molecular formula is C18H15ClN4O2S. The van der Waals surface area contributed by atoms with Gasteiger partial charge in [0, 0.05) is 37.2 Å². The monoisotopic (exact) mass is 386 g/mol. The Balaban J connectivity index is 1.69. The number of hydrogen-bond acceptors (Lipinski definition) is 6. The van der Waals surface area contributed by atoms with Crippen molar-refractivity contribution in [2.45, 2.75) is 12.0 Å². The topological polar surface area (TPSA) is 79.2 Å². The van der Waals surface area contributed by atoms with Crippen LogP contribution < -0.4 is 0 Å². The van der Waals surface area contributed by atoms with Gasteiger partial charge in [-0.15, -0.1) is 11.3 Å². The van der Waals surface area contributed by atoms with E-state index in [1.807, 2.05) is 23.6 Å². The van der Waals surface area contributed by atoms with Crippen molar-refractivity contribution < 1.29 is 9.90 Å². The molecule has 3 heterocycles. The maximum atomic E-state index is 12.3. The first-order valence-electron chi connectivity index (χ1n) is 8.01. The van der Waals surface area contributed by atoms with Crippen molar-refractivity contribution in [3.63, 3.8) is 0 Å². The molecule has 1 aromatic carbocycles. The number of aliphatic hydroxyl groups is 1. The van der Waals surface area contributed by atoms with E-state index in [4.69, 9.17) is 11.6 Å². The number of thiazole rings is 1. The molecule has 2 aromatic heterocycles. The van der Waals surface area contributed by atoms with Gasteiger partial charge < -0.3 is 10.0 Å². The smallest absolute Gasteiger partial charge is 0.258 e. The van der Waals surface area contributed by atoms with Crippen LogP contribution in [0.1, 0.15) is 12.0 Å². The zero-order valence-electron chi connectivity index (χ0n) is 13.9. The number of benzene rings is 1. The summed E-state index contributed by atoms with van der Waals surface area (Å²) in [6, 6.07) is 9.09. The van der Waals surface area contributed by atoms with Gasteiger partial charge in [0.05, 0.1) is 5.69 Å². The number of rotatable bonds is 3. The molecule has 1 aliphatic heterocycles. The first kappa shape index (κ1) is 17.1. The lowest BCUT2D eigenvalue weighted by Crippen LogP contribution is -2.36. The second-order valence-corrected chi connectivity index (χ2v) is 7.36. The van der Waals surface area contributed by atoms with Crippen molar-refractivity contribution in [3.8, 4) is 22.0 Å². The van der Waals surface area contributed by atoms with E-state index in [9.17, 15) is 9.90 Å². The van der Waals surface area contributed by atoms with Crippen molar-refractivity contribution in [2.24, 2.45) is 0 Å². The third kappa shape index (κ3) is 2.88. The molecular weight excluding hydrogens is 372 g/mol. The summed E-state index contributed by atoms with van der Waals surface area (Å²) in [4.78, 5) is 26.5. The van der Waals surface area contributed by atoms with Crippen LogP contribution in [0.15, 0.2) is 41.9 Å². The third-order valence-electron chi connectivity index (χ3n) is 4.49. The Morgan fingerprint density at radius 2 is 2.12 bits per heavy atom. The Morgan fingerprint density at radius 3 is 2.85 bits per heavy atom. The fraction of sp³-hybridized carbons (Fsp3) is 0.222. The van der Waals surface area contributed by atoms with Gasteiger partial charge in [-0.25, -0.2) is 15.0 Å². The van der Waals surface area contributed by atoms with Crippen LogP contribution >= 0.6 is 22.9 Å². The molecule has 26 heavy (non-hydrogen) atoms. The zero-order valence-corrected chi connectivity index (χ0v) is 15.5.